The minimum atomic E-state index is -4.12. The molecule has 0 bridgehead atoms. The fourth-order valence-corrected chi connectivity index (χ4v) is 6.01. The number of rotatable bonds is 6. The SMILES string of the molecule is CC(C)(C)C(=O)N1CCN(c2cc(=O)[nH]c(=O)n2Cc2ccc(OS(=O)(=O)c3cccc4cnccc34)cc2)CC1. The Morgan fingerprint density at radius 3 is 2.39 bits per heavy atom. The monoisotopic (exact) mass is 577 g/mol. The highest BCUT2D eigenvalue weighted by Gasteiger charge is 2.30. The highest BCUT2D eigenvalue weighted by Crippen LogP contribution is 2.26. The molecule has 5 rings (SSSR count). The predicted molar refractivity (Wildman–Crippen MR) is 155 cm³/mol. The molecule has 41 heavy (non-hydrogen) atoms. The summed E-state index contributed by atoms with van der Waals surface area (Å²) >= 11 is 0. The minimum absolute atomic E-state index is 0.0372. The van der Waals surface area contributed by atoms with Crippen LogP contribution in [0.25, 0.3) is 10.8 Å². The molecule has 4 aromatic rings. The molecule has 1 N–H and O–H groups in total. The summed E-state index contributed by atoms with van der Waals surface area (Å²) in [6.07, 6.45) is 3.11. The predicted octanol–water partition coefficient (Wildman–Crippen LogP) is 2.60. The number of amides is 1. The molecular formula is C29H31N5O6S. The number of fused-ring (bicyclic) bond motifs is 1. The normalized spacial score (nSPS) is 14.3. The molecule has 1 saturated heterocycles. The number of hydrogen-bond donors (Lipinski definition) is 1. The zero-order valence-corrected chi connectivity index (χ0v) is 23.8. The second-order valence-electron chi connectivity index (χ2n) is 10.9. The third-order valence-corrected chi connectivity index (χ3v) is 8.23. The fourth-order valence-electron chi connectivity index (χ4n) is 4.85. The van der Waals surface area contributed by atoms with Crippen LogP contribution in [0.15, 0.2) is 81.5 Å². The average molecular weight is 578 g/mol. The first-order valence-corrected chi connectivity index (χ1v) is 14.6. The second kappa shape index (κ2) is 10.8. The van der Waals surface area contributed by atoms with Crippen LogP contribution in [0.4, 0.5) is 5.82 Å². The molecule has 0 aliphatic carbocycles. The molecule has 0 radical (unpaired) electrons. The van der Waals surface area contributed by atoms with E-state index in [1.165, 1.54) is 35.0 Å². The maximum Gasteiger partial charge on any atom is 0.339 e. The van der Waals surface area contributed by atoms with Gasteiger partial charge in [-0.1, -0.05) is 45.0 Å². The number of H-pyrrole nitrogens is 1. The number of pyridine rings is 1. The molecule has 1 aliphatic heterocycles. The Morgan fingerprint density at radius 1 is 1.00 bits per heavy atom. The van der Waals surface area contributed by atoms with E-state index in [4.69, 9.17) is 4.18 Å². The van der Waals surface area contributed by atoms with Crippen molar-refractivity contribution >= 4 is 32.6 Å². The van der Waals surface area contributed by atoms with Gasteiger partial charge in [-0.25, -0.2) is 4.79 Å². The van der Waals surface area contributed by atoms with Crippen LogP contribution in [0, 0.1) is 5.41 Å². The van der Waals surface area contributed by atoms with E-state index in [9.17, 15) is 22.8 Å². The summed E-state index contributed by atoms with van der Waals surface area (Å²) in [5.41, 5.74) is -0.861. The zero-order chi connectivity index (χ0) is 29.4. The molecule has 0 spiro atoms. The van der Waals surface area contributed by atoms with Crippen LogP contribution in [-0.4, -0.2) is 59.9 Å². The summed E-state index contributed by atoms with van der Waals surface area (Å²) in [7, 11) is -4.12. The van der Waals surface area contributed by atoms with Crippen molar-refractivity contribution in [3.05, 3.63) is 93.4 Å². The molecule has 2 aromatic heterocycles. The van der Waals surface area contributed by atoms with Crippen molar-refractivity contribution in [2.24, 2.45) is 5.41 Å². The highest BCUT2D eigenvalue weighted by molar-refractivity contribution is 7.87. The summed E-state index contributed by atoms with van der Waals surface area (Å²) in [4.78, 5) is 47.8. The van der Waals surface area contributed by atoms with E-state index in [2.05, 4.69) is 9.97 Å². The quantitative estimate of drug-likeness (QED) is 0.346. The van der Waals surface area contributed by atoms with Crippen molar-refractivity contribution < 1.29 is 17.4 Å². The van der Waals surface area contributed by atoms with Crippen LogP contribution in [0.3, 0.4) is 0 Å². The Hall–Kier alpha value is -4.45. The largest absolute Gasteiger partial charge is 0.379 e. The summed E-state index contributed by atoms with van der Waals surface area (Å²) in [5.74, 6) is 0.630. The summed E-state index contributed by atoms with van der Waals surface area (Å²) in [5, 5.41) is 1.18. The lowest BCUT2D eigenvalue weighted by Crippen LogP contribution is -2.53. The number of hydrogen-bond acceptors (Lipinski definition) is 8. The zero-order valence-electron chi connectivity index (χ0n) is 23.0. The molecule has 2 aromatic carbocycles. The average Bonchev–Trinajstić information content (AvgIpc) is 2.94. The van der Waals surface area contributed by atoms with E-state index in [0.29, 0.717) is 48.3 Å². The molecule has 0 atom stereocenters. The number of piperazine rings is 1. The van der Waals surface area contributed by atoms with Crippen molar-refractivity contribution in [1.82, 2.24) is 19.4 Å². The maximum absolute atomic E-state index is 13.1. The number of anilines is 1. The van der Waals surface area contributed by atoms with Gasteiger partial charge < -0.3 is 14.0 Å². The number of carbonyl (C=O) groups is 1. The van der Waals surface area contributed by atoms with Crippen LogP contribution in [0.5, 0.6) is 5.75 Å². The van der Waals surface area contributed by atoms with Gasteiger partial charge in [-0.2, -0.15) is 8.42 Å². The lowest BCUT2D eigenvalue weighted by Gasteiger charge is -2.39. The van der Waals surface area contributed by atoms with E-state index in [-0.39, 0.29) is 23.1 Å². The first kappa shape index (κ1) is 28.1. The van der Waals surface area contributed by atoms with Gasteiger partial charge in [0, 0.05) is 60.8 Å². The van der Waals surface area contributed by atoms with Crippen molar-refractivity contribution in [1.29, 1.82) is 0 Å². The van der Waals surface area contributed by atoms with Gasteiger partial charge in [-0.3, -0.25) is 24.1 Å². The van der Waals surface area contributed by atoms with Gasteiger partial charge in [0.1, 0.15) is 16.5 Å². The standard InChI is InChI=1S/C29H31N5O6S/c1-29(2,3)27(36)33-15-13-32(14-16-33)26-17-25(35)31-28(37)34(26)19-20-7-9-22(10-8-20)40-41(38,39)24-6-4-5-21-18-30-12-11-23(21)24/h4-12,17-18H,13-16,19H2,1-3H3,(H,31,35,37). The number of aromatic nitrogens is 3. The molecule has 3 heterocycles. The molecule has 1 fully saturated rings. The van der Waals surface area contributed by atoms with E-state index < -0.39 is 26.8 Å². The fraction of sp³-hybridized carbons (Fsp3) is 0.310. The third-order valence-electron chi connectivity index (χ3n) is 6.92. The first-order chi connectivity index (χ1) is 19.4. The van der Waals surface area contributed by atoms with E-state index >= 15 is 0 Å². The number of aromatic amines is 1. The smallest absolute Gasteiger partial charge is 0.339 e. The molecule has 0 unspecified atom stereocenters. The van der Waals surface area contributed by atoms with Crippen molar-refractivity contribution in [3.63, 3.8) is 0 Å². The second-order valence-corrected chi connectivity index (χ2v) is 12.5. The van der Waals surface area contributed by atoms with Gasteiger partial charge >= 0.3 is 15.8 Å². The Morgan fingerprint density at radius 2 is 1.71 bits per heavy atom. The molecular weight excluding hydrogens is 546 g/mol. The van der Waals surface area contributed by atoms with Gasteiger partial charge in [0.25, 0.3) is 5.56 Å². The topological polar surface area (TPSA) is 135 Å². The summed E-state index contributed by atoms with van der Waals surface area (Å²) in [6.45, 7) is 7.67. The van der Waals surface area contributed by atoms with Crippen molar-refractivity contribution in [2.45, 2.75) is 32.2 Å². The highest BCUT2D eigenvalue weighted by atomic mass is 32.2. The van der Waals surface area contributed by atoms with Crippen LogP contribution in [-0.2, 0) is 21.5 Å². The lowest BCUT2D eigenvalue weighted by molar-refractivity contribution is -0.139. The summed E-state index contributed by atoms with van der Waals surface area (Å²) < 4.78 is 33.0. The van der Waals surface area contributed by atoms with Gasteiger partial charge in [-0.05, 0) is 29.8 Å². The van der Waals surface area contributed by atoms with Crippen LogP contribution < -0.4 is 20.3 Å². The molecule has 214 valence electrons. The Kier molecular flexibility index (Phi) is 7.43. The number of benzene rings is 2. The Labute approximate surface area is 237 Å². The number of carbonyl (C=O) groups excluding carboxylic acids is 1. The van der Waals surface area contributed by atoms with Gasteiger partial charge in [0.05, 0.1) is 6.54 Å². The minimum Gasteiger partial charge on any atom is -0.379 e. The molecule has 1 amide bonds. The Balaban J connectivity index is 1.34. The van der Waals surface area contributed by atoms with Gasteiger partial charge in [-0.15, -0.1) is 0 Å². The third kappa shape index (κ3) is 6.02. The number of nitrogens with zero attached hydrogens (tertiary/aromatic N) is 4. The molecule has 11 nitrogen and oxygen atoms in total. The van der Waals surface area contributed by atoms with Crippen LogP contribution in [0.1, 0.15) is 26.3 Å². The van der Waals surface area contributed by atoms with Gasteiger partial charge in [0.15, 0.2) is 0 Å². The summed E-state index contributed by atoms with van der Waals surface area (Å²) in [6, 6.07) is 14.3. The van der Waals surface area contributed by atoms with Crippen LogP contribution in [0.2, 0.25) is 0 Å². The lowest BCUT2D eigenvalue weighted by atomic mass is 9.94. The molecule has 12 heteroatoms. The van der Waals surface area contributed by atoms with Crippen molar-refractivity contribution in [2.75, 3.05) is 31.1 Å². The number of nitrogens with one attached hydrogen (secondary N) is 1. The van der Waals surface area contributed by atoms with E-state index in [1.807, 2.05) is 25.7 Å². The molecule has 0 saturated carbocycles. The van der Waals surface area contributed by atoms with Crippen molar-refractivity contribution in [3.8, 4) is 5.75 Å². The van der Waals surface area contributed by atoms with E-state index in [0.717, 1.165) is 0 Å². The van der Waals surface area contributed by atoms with E-state index in [1.54, 1.807) is 41.4 Å². The first-order valence-electron chi connectivity index (χ1n) is 13.2. The maximum atomic E-state index is 13.1. The van der Waals surface area contributed by atoms with Crippen LogP contribution >= 0.6 is 0 Å². The molecule has 1 aliphatic rings. The van der Waals surface area contributed by atoms with Gasteiger partial charge in [0.2, 0.25) is 5.91 Å². The Bertz CT molecular complexity index is 1810.